The molecule has 0 aromatic heterocycles. The Kier molecular flexibility index (Phi) is 29.8. The Bertz CT molecular complexity index is 2540. The summed E-state index contributed by atoms with van der Waals surface area (Å²) in [6.45, 7) is 22.4. The molecule has 0 radical (unpaired) electrons. The van der Waals surface area contributed by atoms with E-state index in [2.05, 4.69) is 16.0 Å². The highest BCUT2D eigenvalue weighted by Gasteiger charge is 2.42. The number of imide groups is 1. The van der Waals surface area contributed by atoms with E-state index in [0.29, 0.717) is 49.2 Å². The fourth-order valence-corrected chi connectivity index (χ4v) is 10.6. The molecule has 2 aliphatic rings. The summed E-state index contributed by atoms with van der Waals surface area (Å²) in [5, 5.41) is 19.5. The molecule has 1 aliphatic heterocycles. The van der Waals surface area contributed by atoms with Crippen LogP contribution in [0.4, 0.5) is 4.79 Å². The molecule has 0 saturated carbocycles. The summed E-state index contributed by atoms with van der Waals surface area (Å²) in [4.78, 5) is 150. The number of likely N-dealkylation sites (N-methyl/N-ethyl adjacent to an activating group) is 5. The number of nitrogens with zero attached hydrogens (tertiary/aromatic N) is 7. The smallest absolute Gasteiger partial charge is 0.326 e. The second kappa shape index (κ2) is 34.8. The molecule has 1 fully saturated rings. The molecule has 1 saturated heterocycles. The predicted molar refractivity (Wildman–Crippen MR) is 335 cm³/mol. The van der Waals surface area contributed by atoms with Crippen molar-refractivity contribution in [3.8, 4) is 0 Å². The van der Waals surface area contributed by atoms with Crippen LogP contribution in [0, 0.1) is 23.7 Å². The lowest BCUT2D eigenvalue weighted by Gasteiger charge is -2.37. The van der Waals surface area contributed by atoms with Gasteiger partial charge in [-0.25, -0.2) is 4.79 Å². The largest absolute Gasteiger partial charge is 0.391 e. The highest BCUT2D eigenvalue weighted by atomic mass is 16.5. The van der Waals surface area contributed by atoms with Gasteiger partial charge >= 0.3 is 6.03 Å². The molecule has 488 valence electrons. The zero-order valence-corrected chi connectivity index (χ0v) is 55.5. The molecule has 1 aromatic rings. The number of benzene rings is 1. The number of nitrogens with one attached hydrogen (secondary N) is 3. The molecule has 1 aliphatic carbocycles. The first-order valence-corrected chi connectivity index (χ1v) is 31.1. The molecule has 1 unspecified atom stereocenters. The SMILES string of the molecule is CC(C)C[C@@H](C(=O)N[C@H](C(=O)N1CCCCC1)C1=CC(CCCC(=O)N(C)C(C)C)C=C1)N(C)C(=O)[C@H](COC(C)(C)C)NC(=O)[C@H](CC(C)C)N(C)C(=O)N(C)C(=O)[C@@H](NC(=O)[C@H](CC(C)C)N(C)C(=O)[C@H](Cc1ccccc1)N(C)C=O)[C@@H](C)O. The topological polar surface area (TPSA) is 259 Å². The normalized spacial score (nSPS) is 17.0. The van der Waals surface area contributed by atoms with Gasteiger partial charge in [0, 0.05) is 74.3 Å². The molecule has 0 spiro atoms. The Morgan fingerprint density at radius 2 is 1.18 bits per heavy atom. The van der Waals surface area contributed by atoms with Crippen LogP contribution in [0.2, 0.25) is 0 Å². The highest BCUT2D eigenvalue weighted by Crippen LogP contribution is 2.27. The van der Waals surface area contributed by atoms with Crippen molar-refractivity contribution >= 4 is 59.7 Å². The molecule has 11 amide bonds. The van der Waals surface area contributed by atoms with Crippen molar-refractivity contribution in [2.24, 2.45) is 23.7 Å². The van der Waals surface area contributed by atoms with Gasteiger partial charge in [0.1, 0.15) is 42.3 Å². The maximum absolute atomic E-state index is 15.0. The van der Waals surface area contributed by atoms with E-state index in [4.69, 9.17) is 4.74 Å². The van der Waals surface area contributed by atoms with Crippen molar-refractivity contribution in [3.05, 3.63) is 59.7 Å². The Balaban J connectivity index is 1.94. The van der Waals surface area contributed by atoms with E-state index >= 15 is 4.79 Å². The first kappa shape index (κ1) is 74.6. The lowest BCUT2D eigenvalue weighted by atomic mass is 9.98. The van der Waals surface area contributed by atoms with E-state index in [1.54, 1.807) is 37.6 Å². The second-order valence-electron chi connectivity index (χ2n) is 26.3. The highest BCUT2D eigenvalue weighted by molar-refractivity contribution is 6.01. The number of likely N-dealkylation sites (tertiary alicyclic amines) is 1. The molecule has 87 heavy (non-hydrogen) atoms. The Morgan fingerprint density at radius 1 is 0.667 bits per heavy atom. The summed E-state index contributed by atoms with van der Waals surface area (Å²) in [6.07, 6.45) is 9.59. The monoisotopic (exact) mass is 1220 g/mol. The van der Waals surface area contributed by atoms with Gasteiger partial charge in [-0.1, -0.05) is 90.1 Å². The van der Waals surface area contributed by atoms with E-state index < -0.39 is 95.5 Å². The van der Waals surface area contributed by atoms with Gasteiger partial charge in [-0.2, -0.15) is 0 Å². The average Bonchev–Trinajstić information content (AvgIpc) is 2.78. The van der Waals surface area contributed by atoms with Crippen molar-refractivity contribution in [3.63, 3.8) is 0 Å². The lowest BCUT2D eigenvalue weighted by Crippen LogP contribution is -2.62. The third-order valence-corrected chi connectivity index (χ3v) is 16.1. The van der Waals surface area contributed by atoms with Crippen LogP contribution in [-0.4, -0.2) is 221 Å². The molecule has 0 bridgehead atoms. The quantitative estimate of drug-likeness (QED) is 0.0682. The van der Waals surface area contributed by atoms with E-state index in [-0.39, 0.29) is 73.8 Å². The Hall–Kier alpha value is -6.68. The minimum Gasteiger partial charge on any atom is -0.391 e. The van der Waals surface area contributed by atoms with Crippen LogP contribution in [0.3, 0.4) is 0 Å². The first-order chi connectivity index (χ1) is 40.6. The van der Waals surface area contributed by atoms with Crippen molar-refractivity contribution in [2.75, 3.05) is 62.0 Å². The average molecular weight is 1220 g/mol. The zero-order chi connectivity index (χ0) is 65.8. The van der Waals surface area contributed by atoms with Crippen molar-refractivity contribution in [1.29, 1.82) is 0 Å². The van der Waals surface area contributed by atoms with Gasteiger partial charge in [-0.05, 0) is 128 Å². The van der Waals surface area contributed by atoms with Gasteiger partial charge in [-0.3, -0.25) is 48.1 Å². The summed E-state index contributed by atoms with van der Waals surface area (Å²) in [5.41, 5.74) is 0.589. The van der Waals surface area contributed by atoms with Gasteiger partial charge in [0.05, 0.1) is 18.3 Å². The number of piperidine rings is 1. The third kappa shape index (κ3) is 22.8. The minimum absolute atomic E-state index is 0.0505. The molecular weight excluding hydrogens is 1110 g/mol. The van der Waals surface area contributed by atoms with Crippen LogP contribution in [0.15, 0.2) is 54.1 Å². The van der Waals surface area contributed by atoms with Crippen LogP contribution in [0.1, 0.15) is 146 Å². The number of aliphatic hydroxyl groups is 1. The van der Waals surface area contributed by atoms with Gasteiger partial charge in [0.2, 0.25) is 47.8 Å². The van der Waals surface area contributed by atoms with Crippen molar-refractivity contribution < 1.29 is 57.8 Å². The van der Waals surface area contributed by atoms with Gasteiger partial charge in [0.15, 0.2) is 0 Å². The number of hydrogen-bond donors (Lipinski definition) is 4. The predicted octanol–water partition coefficient (Wildman–Crippen LogP) is 5.17. The third-order valence-electron chi connectivity index (χ3n) is 16.1. The fraction of sp³-hybridized carbons (Fsp3) is 0.692. The fourth-order valence-electron chi connectivity index (χ4n) is 10.6. The number of rotatable bonds is 32. The number of hydrogen-bond acceptors (Lipinski definition) is 12. The molecule has 3 rings (SSSR count). The first-order valence-electron chi connectivity index (χ1n) is 31.1. The summed E-state index contributed by atoms with van der Waals surface area (Å²) >= 11 is 0. The number of allylic oxidation sites excluding steroid dienone is 2. The number of aliphatic hydroxyl groups excluding tert-OH is 1. The second-order valence-corrected chi connectivity index (χ2v) is 26.3. The van der Waals surface area contributed by atoms with Crippen LogP contribution >= 0.6 is 0 Å². The van der Waals surface area contributed by atoms with Gasteiger partial charge in [-0.15, -0.1) is 0 Å². The zero-order valence-electron chi connectivity index (χ0n) is 55.5. The minimum atomic E-state index is -1.71. The van der Waals surface area contributed by atoms with Crippen molar-refractivity contribution in [1.82, 2.24) is 50.2 Å². The molecule has 4 N–H and O–H groups in total. The van der Waals surface area contributed by atoms with Crippen LogP contribution in [0.5, 0.6) is 0 Å². The molecule has 1 heterocycles. The number of amides is 11. The Labute approximate surface area is 518 Å². The van der Waals surface area contributed by atoms with E-state index in [0.717, 1.165) is 36.8 Å². The van der Waals surface area contributed by atoms with Crippen molar-refractivity contribution in [2.45, 2.75) is 207 Å². The van der Waals surface area contributed by atoms with E-state index in [9.17, 15) is 48.3 Å². The summed E-state index contributed by atoms with van der Waals surface area (Å²) in [7, 11) is 8.62. The van der Waals surface area contributed by atoms with E-state index in [1.165, 1.54) is 49.8 Å². The van der Waals surface area contributed by atoms with E-state index in [1.807, 2.05) is 104 Å². The number of ether oxygens (including phenoxy) is 1. The van der Waals surface area contributed by atoms with Gasteiger partial charge < -0.3 is 55.2 Å². The molecular formula is C65H106N10O12. The molecule has 22 nitrogen and oxygen atoms in total. The number of carbonyl (C=O) groups excluding carboxylic acids is 10. The van der Waals surface area contributed by atoms with Crippen LogP contribution in [0.25, 0.3) is 0 Å². The van der Waals surface area contributed by atoms with Crippen LogP contribution in [-0.2, 0) is 54.3 Å². The maximum atomic E-state index is 15.0. The van der Waals surface area contributed by atoms with Gasteiger partial charge in [0.25, 0.3) is 5.91 Å². The Morgan fingerprint density at radius 3 is 1.69 bits per heavy atom. The summed E-state index contributed by atoms with van der Waals surface area (Å²) < 4.78 is 6.15. The maximum Gasteiger partial charge on any atom is 0.326 e. The number of carbonyl (C=O) groups is 10. The standard InChI is InChI=1S/C65H106N10O12/c1-41(2)34-50(59(81)68-56(63(85)75-32-23-20-24-33-75)48-31-30-47(37-48)28-25-29-54(78)70(14)44(7)8)71(15)60(82)49(39-87-65(10,11)12)66-57(79)52(36-43(5)6)73(17)64(86)74(18)62(84)55(45(9)77)67-58(80)51(35-42(3)4)72(16)61(83)53(69(13)40-76)38-46-26-21-19-22-27-46/h19,21-22,26-27,30-31,37,40-45,47,49-53,55-56,77H,20,23-25,28-29,32-36,38-39H2,1-18H3,(H,66,79)(H,67,80)(H,68,81)/t45-,47?,49+,50+,51+,52+,53+,55+,56+/m1/s1. The van der Waals surface area contributed by atoms with Crippen LogP contribution < -0.4 is 16.0 Å². The summed E-state index contributed by atoms with van der Waals surface area (Å²) in [5.74, 6) is -5.17. The molecule has 9 atom stereocenters. The molecule has 22 heteroatoms. The lowest BCUT2D eigenvalue weighted by molar-refractivity contribution is -0.146. The molecule has 1 aromatic carbocycles. The number of urea groups is 1. The summed E-state index contributed by atoms with van der Waals surface area (Å²) in [6, 6.07) is -0.605.